The Balaban J connectivity index is 1.31. The van der Waals surface area contributed by atoms with Crippen molar-refractivity contribution >= 4 is 5.82 Å². The molecule has 4 aromatic rings. The van der Waals surface area contributed by atoms with Gasteiger partial charge in [-0.05, 0) is 30.5 Å². The van der Waals surface area contributed by atoms with Gasteiger partial charge in [0, 0.05) is 24.2 Å². The molecular formula is C26H24N6O2. The van der Waals surface area contributed by atoms with Gasteiger partial charge in [-0.1, -0.05) is 30.3 Å². The van der Waals surface area contributed by atoms with Crippen molar-refractivity contribution in [2.45, 2.75) is 25.3 Å². The van der Waals surface area contributed by atoms with Crippen LogP contribution >= 0.6 is 0 Å². The summed E-state index contributed by atoms with van der Waals surface area (Å²) >= 11 is 0. The standard InChI is InChI=1S/C26H24N6O2/c1-33-26-22(23(19-9-10-19)29-16-30-26)24-28-14-21-25(31-24)32(12-13-34-21)15-17-5-7-18(8-6-17)20-4-2-3-11-27-20/h2-8,11,14,16,19H,9-10,12-13,15H2,1H3. The first kappa shape index (κ1) is 20.5. The van der Waals surface area contributed by atoms with Crippen molar-refractivity contribution < 1.29 is 9.47 Å². The Morgan fingerprint density at radius 1 is 1.03 bits per heavy atom. The average molecular weight is 453 g/mol. The number of hydrogen-bond donors (Lipinski definition) is 0. The number of benzene rings is 1. The van der Waals surface area contributed by atoms with Crippen molar-refractivity contribution in [3.05, 3.63) is 72.4 Å². The van der Waals surface area contributed by atoms with E-state index in [1.54, 1.807) is 19.6 Å². The first-order chi connectivity index (χ1) is 16.8. The summed E-state index contributed by atoms with van der Waals surface area (Å²) in [4.78, 5) is 25.0. The summed E-state index contributed by atoms with van der Waals surface area (Å²) in [5, 5.41) is 0. The van der Waals surface area contributed by atoms with Gasteiger partial charge in [-0.15, -0.1) is 0 Å². The maximum atomic E-state index is 5.87. The van der Waals surface area contributed by atoms with Crippen LogP contribution in [0.2, 0.25) is 0 Å². The maximum absolute atomic E-state index is 5.87. The minimum atomic E-state index is 0.413. The molecule has 0 radical (unpaired) electrons. The van der Waals surface area contributed by atoms with Crippen LogP contribution in [0, 0.1) is 0 Å². The van der Waals surface area contributed by atoms with E-state index in [-0.39, 0.29) is 0 Å². The summed E-state index contributed by atoms with van der Waals surface area (Å²) in [6.45, 7) is 2.05. The SMILES string of the molecule is COc1ncnc(C2CC2)c1-c1ncc2c(n1)N(Cc1ccc(-c3ccccn3)cc1)CCO2. The fourth-order valence-corrected chi connectivity index (χ4v) is 4.28. The molecule has 1 saturated carbocycles. The van der Waals surface area contributed by atoms with Crippen molar-refractivity contribution in [2.24, 2.45) is 0 Å². The molecule has 6 rings (SSSR count). The van der Waals surface area contributed by atoms with Crippen molar-refractivity contribution in [3.8, 4) is 34.3 Å². The third-order valence-corrected chi connectivity index (χ3v) is 6.17. The summed E-state index contributed by atoms with van der Waals surface area (Å²) < 4.78 is 11.4. The summed E-state index contributed by atoms with van der Waals surface area (Å²) in [5.41, 5.74) is 4.99. The van der Waals surface area contributed by atoms with Gasteiger partial charge in [0.25, 0.3) is 0 Å². The van der Waals surface area contributed by atoms with E-state index in [0.717, 1.165) is 47.7 Å². The summed E-state index contributed by atoms with van der Waals surface area (Å²) in [6, 6.07) is 14.4. The predicted octanol–water partition coefficient (Wildman–Crippen LogP) is 4.28. The fraction of sp³-hybridized carbons (Fsp3) is 0.269. The van der Waals surface area contributed by atoms with E-state index in [1.165, 1.54) is 5.56 Å². The zero-order valence-electron chi connectivity index (χ0n) is 18.9. The van der Waals surface area contributed by atoms with Gasteiger partial charge in [-0.25, -0.2) is 19.9 Å². The van der Waals surface area contributed by atoms with Crippen LogP contribution in [0.25, 0.3) is 22.6 Å². The number of fused-ring (bicyclic) bond motifs is 1. The van der Waals surface area contributed by atoms with Crippen LogP contribution in [0.15, 0.2) is 61.2 Å². The van der Waals surface area contributed by atoms with Crippen molar-refractivity contribution in [1.29, 1.82) is 0 Å². The monoisotopic (exact) mass is 452 g/mol. The van der Waals surface area contributed by atoms with Crippen LogP contribution in [-0.4, -0.2) is 45.2 Å². The molecule has 170 valence electrons. The van der Waals surface area contributed by atoms with Crippen molar-refractivity contribution in [2.75, 3.05) is 25.2 Å². The highest BCUT2D eigenvalue weighted by molar-refractivity contribution is 5.69. The molecule has 1 aromatic carbocycles. The van der Waals surface area contributed by atoms with Crippen LogP contribution in [0.4, 0.5) is 5.82 Å². The molecule has 8 nitrogen and oxygen atoms in total. The van der Waals surface area contributed by atoms with E-state index < -0.39 is 0 Å². The lowest BCUT2D eigenvalue weighted by molar-refractivity contribution is 0.303. The van der Waals surface area contributed by atoms with E-state index in [2.05, 4.69) is 49.1 Å². The second kappa shape index (κ2) is 8.70. The minimum Gasteiger partial charge on any atom is -0.486 e. The first-order valence-electron chi connectivity index (χ1n) is 11.4. The number of ether oxygens (including phenoxy) is 2. The zero-order chi connectivity index (χ0) is 22.9. The Morgan fingerprint density at radius 3 is 2.68 bits per heavy atom. The fourth-order valence-electron chi connectivity index (χ4n) is 4.28. The van der Waals surface area contributed by atoms with Gasteiger partial charge in [0.2, 0.25) is 5.88 Å². The van der Waals surface area contributed by atoms with Gasteiger partial charge in [0.15, 0.2) is 17.4 Å². The highest BCUT2D eigenvalue weighted by atomic mass is 16.5. The molecule has 8 heteroatoms. The van der Waals surface area contributed by atoms with Gasteiger partial charge < -0.3 is 14.4 Å². The second-order valence-corrected chi connectivity index (χ2v) is 8.48. The van der Waals surface area contributed by atoms with Crippen LogP contribution in [0.1, 0.15) is 30.0 Å². The molecule has 0 amide bonds. The number of nitrogens with zero attached hydrogens (tertiary/aromatic N) is 6. The molecule has 0 N–H and O–H groups in total. The average Bonchev–Trinajstić information content (AvgIpc) is 3.75. The number of anilines is 1. The molecule has 4 heterocycles. The van der Waals surface area contributed by atoms with Crippen LogP contribution in [0.5, 0.6) is 11.6 Å². The number of aromatic nitrogens is 5. The van der Waals surface area contributed by atoms with E-state index in [1.807, 2.05) is 24.4 Å². The quantitative estimate of drug-likeness (QED) is 0.428. The Labute approximate surface area is 197 Å². The topological polar surface area (TPSA) is 86.2 Å². The number of pyridine rings is 1. The van der Waals surface area contributed by atoms with E-state index in [0.29, 0.717) is 36.5 Å². The summed E-state index contributed by atoms with van der Waals surface area (Å²) in [7, 11) is 1.62. The zero-order valence-corrected chi connectivity index (χ0v) is 18.9. The Bertz CT molecular complexity index is 1310. The molecule has 1 aliphatic carbocycles. The maximum Gasteiger partial charge on any atom is 0.227 e. The smallest absolute Gasteiger partial charge is 0.227 e. The van der Waals surface area contributed by atoms with Gasteiger partial charge >= 0.3 is 0 Å². The lowest BCUT2D eigenvalue weighted by Crippen LogP contribution is -2.33. The van der Waals surface area contributed by atoms with E-state index in [9.17, 15) is 0 Å². The van der Waals surface area contributed by atoms with Gasteiger partial charge in [0.1, 0.15) is 18.5 Å². The highest BCUT2D eigenvalue weighted by Gasteiger charge is 2.32. The molecule has 3 aromatic heterocycles. The van der Waals surface area contributed by atoms with Gasteiger partial charge in [0.05, 0.1) is 31.2 Å². The van der Waals surface area contributed by atoms with Gasteiger partial charge in [-0.2, -0.15) is 0 Å². The normalized spacial score (nSPS) is 14.9. The summed E-state index contributed by atoms with van der Waals surface area (Å²) in [6.07, 6.45) is 7.34. The van der Waals surface area contributed by atoms with E-state index >= 15 is 0 Å². The van der Waals surface area contributed by atoms with Crippen LogP contribution in [-0.2, 0) is 6.54 Å². The molecule has 0 atom stereocenters. The third kappa shape index (κ3) is 3.91. The third-order valence-electron chi connectivity index (χ3n) is 6.17. The van der Waals surface area contributed by atoms with Crippen LogP contribution < -0.4 is 14.4 Å². The first-order valence-corrected chi connectivity index (χ1v) is 11.4. The number of rotatable bonds is 6. The van der Waals surface area contributed by atoms with Crippen molar-refractivity contribution in [1.82, 2.24) is 24.9 Å². The Hall–Kier alpha value is -4.07. The molecule has 2 aliphatic rings. The molecular weight excluding hydrogens is 428 g/mol. The predicted molar refractivity (Wildman–Crippen MR) is 128 cm³/mol. The molecule has 0 bridgehead atoms. The largest absolute Gasteiger partial charge is 0.486 e. The Kier molecular flexibility index (Phi) is 5.25. The lowest BCUT2D eigenvalue weighted by atomic mass is 10.1. The molecule has 34 heavy (non-hydrogen) atoms. The van der Waals surface area contributed by atoms with Crippen molar-refractivity contribution in [3.63, 3.8) is 0 Å². The minimum absolute atomic E-state index is 0.413. The number of methoxy groups -OCH3 is 1. The second-order valence-electron chi connectivity index (χ2n) is 8.48. The molecule has 1 aliphatic heterocycles. The molecule has 0 unspecified atom stereocenters. The number of hydrogen-bond acceptors (Lipinski definition) is 8. The summed E-state index contributed by atoms with van der Waals surface area (Å²) in [5.74, 6) is 2.95. The van der Waals surface area contributed by atoms with Crippen LogP contribution in [0.3, 0.4) is 0 Å². The van der Waals surface area contributed by atoms with E-state index in [4.69, 9.17) is 14.5 Å². The molecule has 1 fully saturated rings. The Morgan fingerprint density at radius 2 is 1.91 bits per heavy atom. The molecule has 0 saturated heterocycles. The van der Waals surface area contributed by atoms with Gasteiger partial charge in [-0.3, -0.25) is 4.98 Å². The molecule has 0 spiro atoms. The lowest BCUT2D eigenvalue weighted by Gasteiger charge is -2.30. The highest BCUT2D eigenvalue weighted by Crippen LogP contribution is 2.45.